The van der Waals surface area contributed by atoms with Crippen molar-refractivity contribution in [3.05, 3.63) is 9.91 Å². The Labute approximate surface area is 55.1 Å². The van der Waals surface area contributed by atoms with E-state index >= 15 is 0 Å². The van der Waals surface area contributed by atoms with Crippen LogP contribution >= 0.6 is 0 Å². The molecule has 0 spiro atoms. The first-order valence-corrected chi connectivity index (χ1v) is 6.27. The van der Waals surface area contributed by atoms with Gasteiger partial charge in [-0.05, 0) is 0 Å². The van der Waals surface area contributed by atoms with Crippen LogP contribution in [0.3, 0.4) is 0 Å². The number of methoxy groups -OCH3 is 1. The zero-order valence-electron chi connectivity index (χ0n) is 4.42. The van der Waals surface area contributed by atoms with E-state index in [0.717, 1.165) is 0 Å². The summed E-state index contributed by atoms with van der Waals surface area (Å²) in [6, 6.07) is 0. The van der Waals surface area contributed by atoms with Crippen LogP contribution in [0.2, 0.25) is 0 Å². The fourth-order valence-corrected chi connectivity index (χ4v) is 3.62. The van der Waals surface area contributed by atoms with Gasteiger partial charge in [-0.1, -0.05) is 0 Å². The Morgan fingerprint density at radius 1 is 1.86 bits per heavy atom. The third kappa shape index (κ3) is 1.50. The van der Waals surface area contributed by atoms with Crippen LogP contribution in [0.1, 0.15) is 6.42 Å². The van der Waals surface area contributed by atoms with Gasteiger partial charge in [-0.25, -0.2) is 0 Å². The topological polar surface area (TPSA) is 9.23 Å². The summed E-state index contributed by atoms with van der Waals surface area (Å²) in [6.45, 7) is 0. The molecule has 0 aromatic heterocycles. The number of hydrogen-bond donors (Lipinski definition) is 0. The van der Waals surface area contributed by atoms with Crippen LogP contribution in [-0.2, 0) is 4.74 Å². The van der Waals surface area contributed by atoms with Gasteiger partial charge in [0, 0.05) is 0 Å². The van der Waals surface area contributed by atoms with Crippen molar-refractivity contribution >= 4 is 22.9 Å². The molecule has 1 unspecified atom stereocenters. The molecular formula is C5H8InO. The molecule has 1 rings (SSSR count). The maximum absolute atomic E-state index is 5.13. The summed E-state index contributed by atoms with van der Waals surface area (Å²) in [5, 5.41) is 0. The van der Waals surface area contributed by atoms with Gasteiger partial charge >= 0.3 is 54.9 Å². The van der Waals surface area contributed by atoms with E-state index in [1.54, 1.807) is 0 Å². The van der Waals surface area contributed by atoms with Gasteiger partial charge in [0.05, 0.1) is 0 Å². The summed E-state index contributed by atoms with van der Waals surface area (Å²) in [5.74, 6) is 0. The van der Waals surface area contributed by atoms with Gasteiger partial charge in [0.2, 0.25) is 0 Å². The quantitative estimate of drug-likeness (QED) is 0.600. The molecule has 0 amide bonds. The van der Waals surface area contributed by atoms with E-state index in [1.165, 1.54) is 6.42 Å². The summed E-state index contributed by atoms with van der Waals surface area (Å²) >= 11 is -0.333. The third-order valence-electron chi connectivity index (χ3n) is 1.13. The first-order valence-electron chi connectivity index (χ1n) is 2.46. The van der Waals surface area contributed by atoms with Crippen molar-refractivity contribution in [2.75, 3.05) is 7.11 Å². The molecule has 0 aromatic carbocycles. The molecule has 0 aromatic rings. The first kappa shape index (κ1) is 5.70. The Hall–Kier alpha value is 0.570. The second-order valence-corrected chi connectivity index (χ2v) is 5.95. The molecule has 1 aliphatic heterocycles. The number of hydrogen-bond acceptors (Lipinski definition) is 1. The summed E-state index contributed by atoms with van der Waals surface area (Å²) in [6.07, 6.45) is 3.44. The van der Waals surface area contributed by atoms with Gasteiger partial charge in [-0.3, -0.25) is 0 Å². The van der Waals surface area contributed by atoms with Crippen LogP contribution in [0.4, 0.5) is 0 Å². The normalized spacial score (nSPS) is 27.9. The number of rotatable bonds is 1. The third-order valence-corrected chi connectivity index (χ3v) is 5.32. The molecular weight excluding hydrogens is 191 g/mol. The molecule has 1 atom stereocenters. The van der Waals surface area contributed by atoms with Crippen LogP contribution < -0.4 is 0 Å². The predicted molar refractivity (Wildman–Crippen MR) is 30.3 cm³/mol. The van der Waals surface area contributed by atoms with Crippen molar-refractivity contribution in [3.8, 4) is 0 Å². The summed E-state index contributed by atoms with van der Waals surface area (Å²) in [5.41, 5.74) is 0. The molecule has 0 fully saturated rings. The fraction of sp³-hybridized carbons (Fsp3) is 0.600. The Morgan fingerprint density at radius 3 is 3.00 bits per heavy atom. The molecule has 37 valence electrons. The standard InChI is InChI=1S/C5H8O.In/c1-3-4-5-6-2;/h1,3,5H,4H2,2H3;. The van der Waals surface area contributed by atoms with E-state index in [0.29, 0.717) is 3.86 Å². The van der Waals surface area contributed by atoms with Crippen molar-refractivity contribution in [2.45, 2.75) is 10.3 Å². The summed E-state index contributed by atoms with van der Waals surface area (Å²) in [4.78, 5) is 0. The van der Waals surface area contributed by atoms with Crippen molar-refractivity contribution in [2.24, 2.45) is 0 Å². The maximum atomic E-state index is 5.13. The minimum absolute atomic E-state index is 0.333. The van der Waals surface area contributed by atoms with Crippen LogP contribution in [0.25, 0.3) is 0 Å². The molecule has 0 N–H and O–H groups in total. The van der Waals surface area contributed by atoms with E-state index in [9.17, 15) is 0 Å². The summed E-state index contributed by atoms with van der Waals surface area (Å²) < 4.78 is 8.16. The van der Waals surface area contributed by atoms with E-state index in [2.05, 4.69) is 9.91 Å². The predicted octanol–water partition coefficient (Wildman–Crippen LogP) is 0.581. The molecule has 1 nitrogen and oxygen atoms in total. The van der Waals surface area contributed by atoms with Crippen LogP contribution in [0, 0.1) is 0 Å². The molecule has 0 aliphatic carbocycles. The van der Waals surface area contributed by atoms with E-state index in [4.69, 9.17) is 4.74 Å². The van der Waals surface area contributed by atoms with Crippen molar-refractivity contribution in [3.63, 3.8) is 0 Å². The van der Waals surface area contributed by atoms with Crippen LogP contribution in [-0.4, -0.2) is 33.9 Å². The van der Waals surface area contributed by atoms with Gasteiger partial charge in [0.1, 0.15) is 0 Å². The monoisotopic (exact) mass is 199 g/mol. The molecule has 0 saturated heterocycles. The number of ether oxygens (including phenoxy) is 1. The second-order valence-electron chi connectivity index (χ2n) is 1.63. The Balaban J connectivity index is 2.22. The SMILES string of the molecule is CO[CH]1CC=[CH][In]1. The van der Waals surface area contributed by atoms with Gasteiger partial charge in [-0.2, -0.15) is 0 Å². The first-order chi connectivity index (χ1) is 3.43. The van der Waals surface area contributed by atoms with Gasteiger partial charge in [0.25, 0.3) is 0 Å². The average Bonchev–Trinajstić information content (AvgIpc) is 2.14. The van der Waals surface area contributed by atoms with Crippen LogP contribution in [0.5, 0.6) is 0 Å². The Bertz CT molecular complexity index is 72.1. The molecule has 2 heteroatoms. The van der Waals surface area contributed by atoms with Gasteiger partial charge in [-0.15, -0.1) is 0 Å². The van der Waals surface area contributed by atoms with E-state index < -0.39 is 0 Å². The molecule has 1 heterocycles. The molecule has 1 aliphatic rings. The summed E-state index contributed by atoms with van der Waals surface area (Å²) in [7, 11) is 1.81. The average molecular weight is 199 g/mol. The zero-order chi connectivity index (χ0) is 5.11. The fourth-order valence-electron chi connectivity index (χ4n) is 0.669. The Kier molecular flexibility index (Phi) is 2.26. The van der Waals surface area contributed by atoms with Crippen LogP contribution in [0.15, 0.2) is 9.91 Å². The Morgan fingerprint density at radius 2 is 2.71 bits per heavy atom. The molecule has 0 saturated carbocycles. The zero-order valence-corrected chi connectivity index (χ0v) is 7.72. The van der Waals surface area contributed by atoms with Crippen molar-refractivity contribution in [1.29, 1.82) is 0 Å². The van der Waals surface area contributed by atoms with E-state index in [1.807, 2.05) is 7.11 Å². The second kappa shape index (κ2) is 2.78. The van der Waals surface area contributed by atoms with Gasteiger partial charge in [0.15, 0.2) is 0 Å². The van der Waals surface area contributed by atoms with Crippen molar-refractivity contribution < 1.29 is 4.74 Å². The van der Waals surface area contributed by atoms with E-state index in [-0.39, 0.29) is 22.9 Å². The molecule has 1 radical (unpaired) electrons. The minimum atomic E-state index is -0.333. The molecule has 0 bridgehead atoms. The van der Waals surface area contributed by atoms with Crippen molar-refractivity contribution in [1.82, 2.24) is 0 Å². The molecule has 7 heavy (non-hydrogen) atoms. The van der Waals surface area contributed by atoms with Gasteiger partial charge < -0.3 is 0 Å².